The number of hydrogen-bond donors (Lipinski definition) is 0. The van der Waals surface area contributed by atoms with E-state index in [1.54, 1.807) is 23.1 Å². The molecule has 0 spiro atoms. The topological polar surface area (TPSA) is 70.8 Å². The zero-order valence-corrected chi connectivity index (χ0v) is 17.3. The highest BCUT2D eigenvalue weighted by molar-refractivity contribution is 5.96. The van der Waals surface area contributed by atoms with Gasteiger partial charge in [-0.1, -0.05) is 42.5 Å². The third kappa shape index (κ3) is 3.74. The SMILES string of the molecule is O=C(c1cc2ccccc2oc1=O)N1CCC(C(=O)N2CCc3ccccc3C2)CC1. The summed E-state index contributed by atoms with van der Waals surface area (Å²) in [6.45, 7) is 2.33. The van der Waals surface area contributed by atoms with E-state index in [9.17, 15) is 14.4 Å². The molecule has 1 fully saturated rings. The maximum Gasteiger partial charge on any atom is 0.349 e. The molecule has 0 saturated carbocycles. The summed E-state index contributed by atoms with van der Waals surface area (Å²) in [7, 11) is 0. The lowest BCUT2D eigenvalue weighted by Crippen LogP contribution is -2.46. The molecule has 6 nitrogen and oxygen atoms in total. The number of rotatable bonds is 2. The normalized spacial score (nSPS) is 16.9. The summed E-state index contributed by atoms with van der Waals surface area (Å²) in [4.78, 5) is 41.9. The Morgan fingerprint density at radius 2 is 1.58 bits per heavy atom. The molecule has 0 atom stereocenters. The first-order valence-corrected chi connectivity index (χ1v) is 10.8. The Labute approximate surface area is 180 Å². The minimum Gasteiger partial charge on any atom is -0.422 e. The number of nitrogens with zero attached hydrogens (tertiary/aromatic N) is 2. The molecule has 5 rings (SSSR count). The Bertz CT molecular complexity index is 1210. The van der Waals surface area contributed by atoms with Crippen LogP contribution in [0, 0.1) is 5.92 Å². The van der Waals surface area contributed by atoms with Gasteiger partial charge in [0.05, 0.1) is 0 Å². The van der Waals surface area contributed by atoms with Crippen molar-refractivity contribution in [1.29, 1.82) is 0 Å². The van der Waals surface area contributed by atoms with Crippen molar-refractivity contribution in [2.45, 2.75) is 25.8 Å². The predicted molar refractivity (Wildman–Crippen MR) is 117 cm³/mol. The molecule has 2 aliphatic rings. The molecule has 31 heavy (non-hydrogen) atoms. The summed E-state index contributed by atoms with van der Waals surface area (Å²) in [6, 6.07) is 17.0. The van der Waals surface area contributed by atoms with Gasteiger partial charge >= 0.3 is 5.63 Å². The van der Waals surface area contributed by atoms with E-state index in [0.717, 1.165) is 18.4 Å². The molecule has 6 heteroatoms. The van der Waals surface area contributed by atoms with E-state index < -0.39 is 5.63 Å². The lowest BCUT2D eigenvalue weighted by molar-refractivity contribution is -0.137. The number of benzene rings is 2. The van der Waals surface area contributed by atoms with Crippen LogP contribution in [0.25, 0.3) is 11.0 Å². The Morgan fingerprint density at radius 1 is 0.871 bits per heavy atom. The second-order valence-corrected chi connectivity index (χ2v) is 8.33. The molecule has 0 N–H and O–H groups in total. The molecule has 0 unspecified atom stereocenters. The van der Waals surface area contributed by atoms with Crippen LogP contribution in [-0.4, -0.2) is 41.2 Å². The third-order valence-electron chi connectivity index (χ3n) is 6.45. The van der Waals surface area contributed by atoms with Crippen molar-refractivity contribution in [1.82, 2.24) is 9.80 Å². The van der Waals surface area contributed by atoms with Crippen LogP contribution in [0.1, 0.15) is 34.3 Å². The number of fused-ring (bicyclic) bond motifs is 2. The van der Waals surface area contributed by atoms with Crippen LogP contribution in [0.2, 0.25) is 0 Å². The Balaban J connectivity index is 1.24. The lowest BCUT2D eigenvalue weighted by atomic mass is 9.92. The van der Waals surface area contributed by atoms with Crippen molar-refractivity contribution < 1.29 is 14.0 Å². The molecule has 1 aromatic heterocycles. The van der Waals surface area contributed by atoms with Crippen molar-refractivity contribution in [3.63, 3.8) is 0 Å². The quantitative estimate of drug-likeness (QED) is 0.602. The van der Waals surface area contributed by atoms with Crippen LogP contribution in [0.4, 0.5) is 0 Å². The molecule has 3 aromatic rings. The number of likely N-dealkylation sites (tertiary alicyclic amines) is 1. The average Bonchev–Trinajstić information content (AvgIpc) is 2.82. The lowest BCUT2D eigenvalue weighted by Gasteiger charge is -2.36. The number of para-hydroxylation sites is 1. The van der Waals surface area contributed by atoms with Gasteiger partial charge in [0.2, 0.25) is 5.91 Å². The minimum atomic E-state index is -0.617. The second-order valence-electron chi connectivity index (χ2n) is 8.33. The highest BCUT2D eigenvalue weighted by atomic mass is 16.4. The van der Waals surface area contributed by atoms with Crippen molar-refractivity contribution in [2.75, 3.05) is 19.6 Å². The highest BCUT2D eigenvalue weighted by Gasteiger charge is 2.32. The Hall–Kier alpha value is -3.41. The van der Waals surface area contributed by atoms with Gasteiger partial charge in [-0.3, -0.25) is 9.59 Å². The number of carbonyl (C=O) groups excluding carboxylic acids is 2. The van der Waals surface area contributed by atoms with Gasteiger partial charge in [0.15, 0.2) is 0 Å². The van der Waals surface area contributed by atoms with Gasteiger partial charge in [0.1, 0.15) is 11.1 Å². The maximum atomic E-state index is 13.1. The molecule has 0 aliphatic carbocycles. The van der Waals surface area contributed by atoms with Crippen molar-refractivity contribution in [3.8, 4) is 0 Å². The fraction of sp³-hybridized carbons (Fsp3) is 0.320. The van der Waals surface area contributed by atoms with E-state index in [-0.39, 0.29) is 23.3 Å². The minimum absolute atomic E-state index is 0.0520. The smallest absolute Gasteiger partial charge is 0.349 e. The summed E-state index contributed by atoms with van der Waals surface area (Å²) >= 11 is 0. The molecule has 0 radical (unpaired) electrons. The maximum absolute atomic E-state index is 13.1. The van der Waals surface area contributed by atoms with Gasteiger partial charge in [-0.25, -0.2) is 4.79 Å². The van der Waals surface area contributed by atoms with E-state index in [4.69, 9.17) is 4.42 Å². The van der Waals surface area contributed by atoms with Gasteiger partial charge < -0.3 is 14.2 Å². The fourth-order valence-electron chi connectivity index (χ4n) is 4.65. The Morgan fingerprint density at radius 3 is 2.39 bits per heavy atom. The Kier molecular flexibility index (Phi) is 5.06. The monoisotopic (exact) mass is 416 g/mol. The summed E-state index contributed by atoms with van der Waals surface area (Å²) < 4.78 is 5.31. The molecule has 2 aromatic carbocycles. The highest BCUT2D eigenvalue weighted by Crippen LogP contribution is 2.25. The van der Waals surface area contributed by atoms with E-state index >= 15 is 0 Å². The van der Waals surface area contributed by atoms with Crippen molar-refractivity contribution in [3.05, 3.63) is 81.7 Å². The van der Waals surface area contributed by atoms with Gasteiger partial charge in [0, 0.05) is 37.5 Å². The van der Waals surface area contributed by atoms with Crippen molar-refractivity contribution >= 4 is 22.8 Å². The molecule has 158 valence electrons. The first-order chi connectivity index (χ1) is 15.1. The summed E-state index contributed by atoms with van der Waals surface area (Å²) in [5, 5.41) is 0.723. The van der Waals surface area contributed by atoms with Gasteiger partial charge in [-0.05, 0) is 42.5 Å². The van der Waals surface area contributed by atoms with Crippen LogP contribution in [0.5, 0.6) is 0 Å². The van der Waals surface area contributed by atoms with Crippen molar-refractivity contribution in [2.24, 2.45) is 5.92 Å². The van der Waals surface area contributed by atoms with E-state index in [2.05, 4.69) is 12.1 Å². The zero-order valence-electron chi connectivity index (χ0n) is 17.3. The molecule has 2 aliphatic heterocycles. The molecule has 0 bridgehead atoms. The van der Waals surface area contributed by atoms with E-state index in [1.165, 1.54) is 11.1 Å². The molecule has 2 amide bonds. The van der Waals surface area contributed by atoms with Crippen LogP contribution < -0.4 is 5.63 Å². The van der Waals surface area contributed by atoms with Crippen LogP contribution in [-0.2, 0) is 17.8 Å². The zero-order chi connectivity index (χ0) is 21.4. The predicted octanol–water partition coefficient (Wildman–Crippen LogP) is 3.23. The fourth-order valence-corrected chi connectivity index (χ4v) is 4.65. The first-order valence-electron chi connectivity index (χ1n) is 10.8. The molecular weight excluding hydrogens is 392 g/mol. The first kappa shape index (κ1) is 19.5. The molecule has 3 heterocycles. The summed E-state index contributed by atoms with van der Waals surface area (Å²) in [5.74, 6) is -0.230. The van der Waals surface area contributed by atoms with E-state index in [1.807, 2.05) is 29.2 Å². The second kappa shape index (κ2) is 8.02. The van der Waals surface area contributed by atoms with Crippen LogP contribution in [0.3, 0.4) is 0 Å². The number of amides is 2. The molecular formula is C25H24N2O4. The standard InChI is InChI=1S/C25H24N2O4/c28-23(27-14-9-17-5-1-2-7-20(17)16-27)18-10-12-26(13-11-18)24(29)21-15-19-6-3-4-8-22(19)31-25(21)30/h1-8,15,18H,9-14,16H2. The number of hydrogen-bond acceptors (Lipinski definition) is 4. The van der Waals surface area contributed by atoms with Crippen LogP contribution >= 0.6 is 0 Å². The number of carbonyl (C=O) groups is 2. The number of piperidine rings is 1. The largest absolute Gasteiger partial charge is 0.422 e. The third-order valence-corrected chi connectivity index (χ3v) is 6.45. The van der Waals surface area contributed by atoms with Gasteiger partial charge in [-0.2, -0.15) is 0 Å². The van der Waals surface area contributed by atoms with E-state index in [0.29, 0.717) is 38.1 Å². The van der Waals surface area contributed by atoms with Gasteiger partial charge in [0.25, 0.3) is 5.91 Å². The van der Waals surface area contributed by atoms with Gasteiger partial charge in [-0.15, -0.1) is 0 Å². The molecule has 1 saturated heterocycles. The summed E-state index contributed by atoms with van der Waals surface area (Å²) in [5.41, 5.74) is 2.44. The average molecular weight is 416 g/mol. The summed E-state index contributed by atoms with van der Waals surface area (Å²) in [6.07, 6.45) is 2.11. The van der Waals surface area contributed by atoms with Crippen LogP contribution in [0.15, 0.2) is 63.8 Å².